The number of carbonyl (C=O) groups is 2. The average molecular weight is 378 g/mol. The van der Waals surface area contributed by atoms with Crippen molar-refractivity contribution in [3.63, 3.8) is 0 Å². The van der Waals surface area contributed by atoms with Crippen LogP contribution in [0.25, 0.3) is 6.08 Å². The van der Waals surface area contributed by atoms with E-state index in [0.717, 1.165) is 5.56 Å². The lowest BCUT2D eigenvalue weighted by Gasteiger charge is -2.11. The number of anilines is 1. The van der Waals surface area contributed by atoms with E-state index in [0.29, 0.717) is 16.3 Å². The number of amides is 2. The normalized spacial score (nSPS) is 10.9. The molecule has 6 heteroatoms. The fraction of sp³-hybridized carbons (Fsp3) is 0. The van der Waals surface area contributed by atoms with E-state index in [1.807, 2.05) is 6.07 Å². The highest BCUT2D eigenvalue weighted by Gasteiger charge is 2.15. The molecule has 0 unspecified atom stereocenters. The van der Waals surface area contributed by atoms with E-state index in [1.165, 1.54) is 0 Å². The van der Waals surface area contributed by atoms with Gasteiger partial charge in [0.05, 0.1) is 0 Å². The first kappa shape index (κ1) is 18.4. The molecule has 2 N–H and O–H groups in total. The molecule has 0 saturated heterocycles. The molecule has 0 aliphatic rings. The second kappa shape index (κ2) is 8.78. The Morgan fingerprint density at radius 2 is 1.67 bits per heavy atom. The van der Waals surface area contributed by atoms with Crippen LogP contribution in [0, 0.1) is 0 Å². The molecule has 2 amide bonds. The number of benzene rings is 2. The Kier molecular flexibility index (Phi) is 5.97. The molecule has 0 spiro atoms. The van der Waals surface area contributed by atoms with Crippen LogP contribution in [0.5, 0.6) is 0 Å². The van der Waals surface area contributed by atoms with E-state index >= 15 is 0 Å². The summed E-state index contributed by atoms with van der Waals surface area (Å²) in [4.78, 5) is 29.2. The van der Waals surface area contributed by atoms with Crippen LogP contribution in [-0.4, -0.2) is 16.8 Å². The van der Waals surface area contributed by atoms with E-state index in [4.69, 9.17) is 11.6 Å². The molecule has 0 saturated carbocycles. The number of halogens is 1. The fourth-order valence-electron chi connectivity index (χ4n) is 2.33. The van der Waals surface area contributed by atoms with Gasteiger partial charge in [0.1, 0.15) is 5.70 Å². The average Bonchev–Trinajstić information content (AvgIpc) is 2.69. The lowest BCUT2D eigenvalue weighted by molar-refractivity contribution is -0.113. The van der Waals surface area contributed by atoms with Gasteiger partial charge < -0.3 is 10.6 Å². The van der Waals surface area contributed by atoms with Crippen molar-refractivity contribution in [3.05, 3.63) is 101 Å². The molecule has 3 rings (SSSR count). The zero-order valence-electron chi connectivity index (χ0n) is 14.2. The van der Waals surface area contributed by atoms with Crippen molar-refractivity contribution in [1.29, 1.82) is 0 Å². The van der Waals surface area contributed by atoms with Crippen molar-refractivity contribution in [2.45, 2.75) is 0 Å². The number of rotatable bonds is 5. The van der Waals surface area contributed by atoms with Crippen molar-refractivity contribution in [2.24, 2.45) is 0 Å². The molecule has 0 aliphatic carbocycles. The lowest BCUT2D eigenvalue weighted by Crippen LogP contribution is -2.30. The largest absolute Gasteiger partial charge is 0.321 e. The summed E-state index contributed by atoms with van der Waals surface area (Å²) in [5.74, 6) is -0.837. The molecule has 2 aromatic carbocycles. The molecule has 0 atom stereocenters. The summed E-state index contributed by atoms with van der Waals surface area (Å²) in [6.45, 7) is 0. The number of aromatic nitrogens is 1. The highest BCUT2D eigenvalue weighted by Crippen LogP contribution is 2.16. The lowest BCUT2D eigenvalue weighted by atomic mass is 10.2. The predicted octanol–water partition coefficient (Wildman–Crippen LogP) is 4.14. The van der Waals surface area contributed by atoms with Gasteiger partial charge in [-0.3, -0.25) is 14.6 Å². The fourth-order valence-corrected chi connectivity index (χ4v) is 2.52. The second-order valence-corrected chi connectivity index (χ2v) is 6.06. The second-order valence-electron chi connectivity index (χ2n) is 5.62. The molecule has 5 nitrogen and oxygen atoms in total. The summed E-state index contributed by atoms with van der Waals surface area (Å²) in [6, 6.07) is 18.9. The molecule has 3 aromatic rings. The van der Waals surface area contributed by atoms with Gasteiger partial charge in [-0.05, 0) is 54.1 Å². The maximum absolute atomic E-state index is 12.7. The van der Waals surface area contributed by atoms with Gasteiger partial charge in [0.25, 0.3) is 11.8 Å². The van der Waals surface area contributed by atoms with Crippen molar-refractivity contribution < 1.29 is 9.59 Å². The van der Waals surface area contributed by atoms with Crippen LogP contribution in [0.2, 0.25) is 5.02 Å². The van der Waals surface area contributed by atoms with Crippen LogP contribution in [0.3, 0.4) is 0 Å². The van der Waals surface area contributed by atoms with Gasteiger partial charge >= 0.3 is 0 Å². The third kappa shape index (κ3) is 5.26. The molecule has 1 aromatic heterocycles. The topological polar surface area (TPSA) is 71.1 Å². The summed E-state index contributed by atoms with van der Waals surface area (Å²) in [5.41, 5.74) is 1.82. The number of hydrogen-bond donors (Lipinski definition) is 2. The Morgan fingerprint density at radius 1 is 0.926 bits per heavy atom. The van der Waals surface area contributed by atoms with E-state index in [1.54, 1.807) is 79.1 Å². The van der Waals surface area contributed by atoms with Crippen molar-refractivity contribution in [2.75, 3.05) is 5.32 Å². The van der Waals surface area contributed by atoms with E-state index in [2.05, 4.69) is 15.6 Å². The van der Waals surface area contributed by atoms with Gasteiger partial charge in [-0.15, -0.1) is 0 Å². The highest BCUT2D eigenvalue weighted by atomic mass is 35.5. The molecule has 0 radical (unpaired) electrons. The van der Waals surface area contributed by atoms with Crippen molar-refractivity contribution in [1.82, 2.24) is 10.3 Å². The van der Waals surface area contributed by atoms with Gasteiger partial charge in [0.15, 0.2) is 0 Å². The SMILES string of the molecule is O=C(Nc1cccc(Cl)c1)/C(=C\c1ccncc1)NC(=O)c1ccccc1. The van der Waals surface area contributed by atoms with Crippen LogP contribution >= 0.6 is 11.6 Å². The van der Waals surface area contributed by atoms with E-state index in [9.17, 15) is 9.59 Å². The van der Waals surface area contributed by atoms with Gasteiger partial charge in [-0.25, -0.2) is 0 Å². The number of nitrogens with one attached hydrogen (secondary N) is 2. The van der Waals surface area contributed by atoms with Crippen LogP contribution in [0.15, 0.2) is 84.8 Å². The van der Waals surface area contributed by atoms with Gasteiger partial charge in [0.2, 0.25) is 0 Å². The third-order valence-corrected chi connectivity index (χ3v) is 3.86. The van der Waals surface area contributed by atoms with Crippen LogP contribution in [-0.2, 0) is 4.79 Å². The summed E-state index contributed by atoms with van der Waals surface area (Å²) in [7, 11) is 0. The van der Waals surface area contributed by atoms with E-state index in [-0.39, 0.29) is 11.6 Å². The number of pyridine rings is 1. The molecular formula is C21H16ClN3O2. The monoisotopic (exact) mass is 377 g/mol. The third-order valence-electron chi connectivity index (χ3n) is 3.63. The standard InChI is InChI=1S/C21H16ClN3O2/c22-17-7-4-8-18(14-17)24-21(27)19(13-15-9-11-23-12-10-15)25-20(26)16-5-2-1-3-6-16/h1-14H,(H,24,27)(H,25,26)/b19-13+. The Labute approximate surface area is 161 Å². The Hall–Kier alpha value is -3.44. The van der Waals surface area contributed by atoms with Crippen molar-refractivity contribution in [3.8, 4) is 0 Å². The number of nitrogens with zero attached hydrogens (tertiary/aromatic N) is 1. The summed E-state index contributed by atoms with van der Waals surface area (Å²) >= 11 is 5.96. The van der Waals surface area contributed by atoms with Gasteiger partial charge in [-0.1, -0.05) is 35.9 Å². The predicted molar refractivity (Wildman–Crippen MR) is 106 cm³/mol. The molecule has 0 fully saturated rings. The zero-order chi connectivity index (χ0) is 19.1. The Balaban J connectivity index is 1.86. The first-order valence-corrected chi connectivity index (χ1v) is 8.55. The minimum Gasteiger partial charge on any atom is -0.321 e. The minimum atomic E-state index is -0.460. The van der Waals surface area contributed by atoms with E-state index < -0.39 is 5.91 Å². The molecule has 0 bridgehead atoms. The van der Waals surface area contributed by atoms with Crippen LogP contribution in [0.1, 0.15) is 15.9 Å². The van der Waals surface area contributed by atoms with Crippen molar-refractivity contribution >= 4 is 35.2 Å². The van der Waals surface area contributed by atoms with Crippen LogP contribution in [0.4, 0.5) is 5.69 Å². The summed E-state index contributed by atoms with van der Waals surface area (Å²) < 4.78 is 0. The first-order chi connectivity index (χ1) is 13.1. The molecule has 0 aliphatic heterocycles. The number of hydrogen-bond acceptors (Lipinski definition) is 3. The summed E-state index contributed by atoms with van der Waals surface area (Å²) in [5, 5.41) is 5.91. The first-order valence-electron chi connectivity index (χ1n) is 8.17. The molecule has 1 heterocycles. The smallest absolute Gasteiger partial charge is 0.272 e. The summed E-state index contributed by atoms with van der Waals surface area (Å²) in [6.07, 6.45) is 4.80. The highest BCUT2D eigenvalue weighted by molar-refractivity contribution is 6.31. The maximum Gasteiger partial charge on any atom is 0.272 e. The Morgan fingerprint density at radius 3 is 2.37 bits per heavy atom. The maximum atomic E-state index is 12.7. The minimum absolute atomic E-state index is 0.107. The zero-order valence-corrected chi connectivity index (χ0v) is 15.0. The van der Waals surface area contributed by atoms with Crippen LogP contribution < -0.4 is 10.6 Å². The van der Waals surface area contributed by atoms with Gasteiger partial charge in [0, 0.05) is 28.7 Å². The molecule has 134 valence electrons. The Bertz CT molecular complexity index is 973. The molecular weight excluding hydrogens is 362 g/mol. The molecule has 27 heavy (non-hydrogen) atoms. The number of carbonyl (C=O) groups excluding carboxylic acids is 2. The van der Waals surface area contributed by atoms with Gasteiger partial charge in [-0.2, -0.15) is 0 Å². The quantitative estimate of drug-likeness (QED) is 0.656.